The van der Waals surface area contributed by atoms with Gasteiger partial charge in [0.25, 0.3) is 5.69 Å². The minimum absolute atomic E-state index is 0.0413. The van der Waals surface area contributed by atoms with E-state index in [0.717, 1.165) is 12.8 Å². The summed E-state index contributed by atoms with van der Waals surface area (Å²) in [5.41, 5.74) is 0.201. The number of nitro benzene ring substituents is 1. The Bertz CT molecular complexity index is 754. The average molecular weight is 329 g/mol. The van der Waals surface area contributed by atoms with Crippen LogP contribution in [0, 0.1) is 10.1 Å². The van der Waals surface area contributed by atoms with Crippen molar-refractivity contribution in [3.05, 3.63) is 46.0 Å². The number of imide groups is 1. The fourth-order valence-corrected chi connectivity index (χ4v) is 2.75. The number of carbonyl (C=O) groups is 3. The Morgan fingerprint density at radius 2 is 2.00 bits per heavy atom. The third kappa shape index (κ3) is 3.17. The summed E-state index contributed by atoms with van der Waals surface area (Å²) in [6, 6.07) is 5.21. The third-order valence-corrected chi connectivity index (χ3v) is 4.01. The van der Waals surface area contributed by atoms with Crippen LogP contribution in [0.4, 0.5) is 5.69 Å². The summed E-state index contributed by atoms with van der Waals surface area (Å²) in [4.78, 5) is 47.6. The highest BCUT2D eigenvalue weighted by Crippen LogP contribution is 2.31. The first-order chi connectivity index (χ1) is 11.5. The fourth-order valence-electron chi connectivity index (χ4n) is 2.75. The summed E-state index contributed by atoms with van der Waals surface area (Å²) >= 11 is 0. The largest absolute Gasteiger partial charge is 0.324 e. The van der Waals surface area contributed by atoms with Crippen LogP contribution in [-0.2, 0) is 14.4 Å². The maximum Gasteiger partial charge on any atom is 0.276 e. The van der Waals surface area contributed by atoms with Crippen molar-refractivity contribution in [2.45, 2.75) is 31.3 Å². The van der Waals surface area contributed by atoms with Crippen molar-refractivity contribution in [2.75, 3.05) is 0 Å². The molecule has 1 saturated carbocycles. The number of nitro groups is 1. The summed E-state index contributed by atoms with van der Waals surface area (Å²) in [5, 5.41) is 13.2. The molecule has 0 spiro atoms. The van der Waals surface area contributed by atoms with E-state index in [1.165, 1.54) is 29.2 Å². The third-order valence-electron chi connectivity index (χ3n) is 4.01. The minimum atomic E-state index is -0.798. The smallest absolute Gasteiger partial charge is 0.276 e. The van der Waals surface area contributed by atoms with Crippen LogP contribution in [0.15, 0.2) is 30.3 Å². The van der Waals surface area contributed by atoms with Gasteiger partial charge in [-0.25, -0.2) is 0 Å². The second-order valence-electron chi connectivity index (χ2n) is 5.76. The van der Waals surface area contributed by atoms with Gasteiger partial charge in [-0.2, -0.15) is 0 Å². The number of benzene rings is 1. The van der Waals surface area contributed by atoms with E-state index in [0.29, 0.717) is 5.56 Å². The predicted octanol–water partition coefficient (Wildman–Crippen LogP) is 1.01. The summed E-state index contributed by atoms with van der Waals surface area (Å²) in [6.07, 6.45) is 4.10. The van der Waals surface area contributed by atoms with Gasteiger partial charge >= 0.3 is 0 Å². The minimum Gasteiger partial charge on any atom is -0.324 e. The summed E-state index contributed by atoms with van der Waals surface area (Å²) in [7, 11) is 0. The van der Waals surface area contributed by atoms with E-state index in [9.17, 15) is 24.5 Å². The number of carbonyl (C=O) groups excluding carboxylic acids is 3. The van der Waals surface area contributed by atoms with Crippen LogP contribution in [0.2, 0.25) is 0 Å². The predicted molar refractivity (Wildman–Crippen MR) is 83.6 cm³/mol. The number of nitrogens with zero attached hydrogens (tertiary/aromatic N) is 2. The number of amides is 3. The molecule has 2 fully saturated rings. The van der Waals surface area contributed by atoms with Crippen LogP contribution in [0.5, 0.6) is 0 Å². The lowest BCUT2D eigenvalue weighted by atomic mass is 10.1. The molecule has 1 N–H and O–H groups in total. The Morgan fingerprint density at radius 3 is 2.58 bits per heavy atom. The van der Waals surface area contributed by atoms with E-state index < -0.39 is 28.7 Å². The van der Waals surface area contributed by atoms with Crippen LogP contribution in [0.1, 0.15) is 24.8 Å². The van der Waals surface area contributed by atoms with Crippen molar-refractivity contribution in [1.29, 1.82) is 0 Å². The fraction of sp³-hybridized carbons (Fsp3) is 0.312. The second-order valence-corrected chi connectivity index (χ2v) is 5.76. The first-order valence-corrected chi connectivity index (χ1v) is 7.55. The van der Waals surface area contributed by atoms with Gasteiger partial charge in [0.05, 0.1) is 16.9 Å². The van der Waals surface area contributed by atoms with Crippen molar-refractivity contribution >= 4 is 29.5 Å². The van der Waals surface area contributed by atoms with Crippen molar-refractivity contribution in [3.63, 3.8) is 0 Å². The molecule has 24 heavy (non-hydrogen) atoms. The lowest BCUT2D eigenvalue weighted by molar-refractivity contribution is -0.385. The molecule has 0 bridgehead atoms. The second kappa shape index (κ2) is 6.23. The molecule has 1 aromatic rings. The highest BCUT2D eigenvalue weighted by atomic mass is 16.6. The SMILES string of the molecule is O=C1CC(N(C(=O)/C=C/c2ccccc2[N+](=O)[O-])C2CC2)C(=O)N1. The van der Waals surface area contributed by atoms with E-state index in [1.54, 1.807) is 12.1 Å². The Labute approximate surface area is 137 Å². The standard InChI is InChI=1S/C16H15N3O5/c20-14-9-13(16(22)17-14)18(11-6-7-11)15(21)8-5-10-3-1-2-4-12(10)19(23)24/h1-5,8,11,13H,6-7,9H2,(H,17,20,22)/b8-5+. The topological polar surface area (TPSA) is 110 Å². The quantitative estimate of drug-likeness (QED) is 0.375. The molecule has 1 saturated heterocycles. The molecule has 1 unspecified atom stereocenters. The highest BCUT2D eigenvalue weighted by molar-refractivity contribution is 6.08. The van der Waals surface area contributed by atoms with Crippen molar-refractivity contribution < 1.29 is 19.3 Å². The van der Waals surface area contributed by atoms with Crippen molar-refractivity contribution in [1.82, 2.24) is 10.2 Å². The van der Waals surface area contributed by atoms with Gasteiger partial charge in [0.15, 0.2) is 0 Å². The molecule has 3 rings (SSSR count). The molecule has 3 amide bonds. The Morgan fingerprint density at radius 1 is 1.29 bits per heavy atom. The summed E-state index contributed by atoms with van der Waals surface area (Å²) < 4.78 is 0. The number of rotatable bonds is 5. The molecule has 1 aliphatic heterocycles. The molecule has 124 valence electrons. The lowest BCUT2D eigenvalue weighted by Gasteiger charge is -2.25. The maximum atomic E-state index is 12.5. The number of nitrogens with one attached hydrogen (secondary N) is 1. The van der Waals surface area contributed by atoms with E-state index in [4.69, 9.17) is 0 Å². The molecule has 1 aromatic carbocycles. The number of hydrogen-bond donors (Lipinski definition) is 1. The maximum absolute atomic E-state index is 12.5. The average Bonchev–Trinajstić information content (AvgIpc) is 3.31. The zero-order valence-electron chi connectivity index (χ0n) is 12.7. The Balaban J connectivity index is 1.81. The van der Waals surface area contributed by atoms with Gasteiger partial charge in [0.1, 0.15) is 6.04 Å². The van der Waals surface area contributed by atoms with Crippen molar-refractivity contribution in [2.24, 2.45) is 0 Å². The molecular weight excluding hydrogens is 314 g/mol. The molecule has 2 aliphatic rings. The molecule has 1 aliphatic carbocycles. The van der Waals surface area contributed by atoms with E-state index in [-0.39, 0.29) is 18.2 Å². The van der Waals surface area contributed by atoms with Gasteiger partial charge in [-0.15, -0.1) is 0 Å². The van der Waals surface area contributed by atoms with Gasteiger partial charge in [0.2, 0.25) is 17.7 Å². The normalized spacial score (nSPS) is 20.2. The molecular formula is C16H15N3O5. The monoisotopic (exact) mass is 329 g/mol. The molecule has 0 aromatic heterocycles. The van der Waals surface area contributed by atoms with Gasteiger partial charge in [-0.05, 0) is 25.0 Å². The van der Waals surface area contributed by atoms with E-state index in [1.807, 2.05) is 0 Å². The van der Waals surface area contributed by atoms with Gasteiger partial charge in [-0.3, -0.25) is 29.8 Å². The lowest BCUT2D eigenvalue weighted by Crippen LogP contribution is -2.45. The Kier molecular flexibility index (Phi) is 4.11. The number of para-hydroxylation sites is 1. The van der Waals surface area contributed by atoms with Gasteiger partial charge in [-0.1, -0.05) is 12.1 Å². The highest BCUT2D eigenvalue weighted by Gasteiger charge is 2.43. The number of hydrogen-bond acceptors (Lipinski definition) is 5. The van der Waals surface area contributed by atoms with Crippen LogP contribution in [0.25, 0.3) is 6.08 Å². The van der Waals surface area contributed by atoms with Crippen LogP contribution < -0.4 is 5.32 Å². The van der Waals surface area contributed by atoms with Gasteiger partial charge < -0.3 is 4.90 Å². The molecule has 0 radical (unpaired) electrons. The zero-order valence-corrected chi connectivity index (χ0v) is 12.7. The van der Waals surface area contributed by atoms with Crippen LogP contribution in [-0.4, -0.2) is 39.6 Å². The molecule has 1 heterocycles. The van der Waals surface area contributed by atoms with E-state index in [2.05, 4.69) is 5.32 Å². The van der Waals surface area contributed by atoms with Gasteiger partial charge in [0, 0.05) is 18.2 Å². The molecule has 8 heteroatoms. The first-order valence-electron chi connectivity index (χ1n) is 7.55. The van der Waals surface area contributed by atoms with Crippen molar-refractivity contribution in [3.8, 4) is 0 Å². The summed E-state index contributed by atoms with van der Waals surface area (Å²) in [6.45, 7) is 0. The van der Waals surface area contributed by atoms with Crippen LogP contribution in [0.3, 0.4) is 0 Å². The first kappa shape index (κ1) is 15.9. The molecule has 8 nitrogen and oxygen atoms in total. The molecule has 1 atom stereocenters. The zero-order chi connectivity index (χ0) is 17.3. The van der Waals surface area contributed by atoms with E-state index >= 15 is 0 Å². The van der Waals surface area contributed by atoms with Crippen LogP contribution >= 0.6 is 0 Å². The Hall–Kier alpha value is -3.03. The summed E-state index contributed by atoms with van der Waals surface area (Å²) in [5.74, 6) is -1.30.